The Labute approximate surface area is 657 Å². The summed E-state index contributed by atoms with van der Waals surface area (Å²) in [6, 6.07) is 13.4. The lowest BCUT2D eigenvalue weighted by molar-refractivity contribution is -0.112. The number of methoxy groups -OCH3 is 3. The topological polar surface area (TPSA) is 270 Å². The Morgan fingerprint density at radius 2 is 0.815 bits per heavy atom. The first kappa shape index (κ1) is 90.8. The van der Waals surface area contributed by atoms with Gasteiger partial charge >= 0.3 is 24.0 Å². The van der Waals surface area contributed by atoms with Crippen molar-refractivity contribution in [2.24, 2.45) is 5.73 Å². The first-order valence-corrected chi connectivity index (χ1v) is 37.9. The highest BCUT2D eigenvalue weighted by molar-refractivity contribution is 6.32. The Kier molecular flexibility index (Phi) is 37.1. The van der Waals surface area contributed by atoms with Crippen LogP contribution in [0.25, 0.3) is 0 Å². The number of aldehydes is 1. The van der Waals surface area contributed by atoms with Gasteiger partial charge in [-0.1, -0.05) is 68.7 Å². The van der Waals surface area contributed by atoms with Crippen LogP contribution in [-0.2, 0) is 33.3 Å². The van der Waals surface area contributed by atoms with Crippen LogP contribution < -0.4 is 35.3 Å². The summed E-state index contributed by atoms with van der Waals surface area (Å²) in [6.45, 7) is 29.8. The summed E-state index contributed by atoms with van der Waals surface area (Å²) >= 11 is 24.5. The van der Waals surface area contributed by atoms with Crippen molar-refractivity contribution in [1.29, 1.82) is 0 Å². The molecule has 26 heteroatoms. The molecule has 6 aliphatic rings. The maximum atomic E-state index is 12.8. The monoisotopic (exact) mass is 1570 g/mol. The second kappa shape index (κ2) is 44.1. The fraction of sp³-hybridized carbons (Fsp3) is 0.512. The van der Waals surface area contributed by atoms with Gasteiger partial charge < -0.3 is 73.8 Å². The van der Waals surface area contributed by atoms with Crippen LogP contribution in [0.5, 0.6) is 23.0 Å². The van der Waals surface area contributed by atoms with Gasteiger partial charge in [0, 0.05) is 124 Å². The Morgan fingerprint density at radius 1 is 0.509 bits per heavy atom. The van der Waals surface area contributed by atoms with Gasteiger partial charge in [-0.05, 0) is 222 Å². The van der Waals surface area contributed by atoms with Crippen molar-refractivity contribution < 1.29 is 76.3 Å². The lowest BCUT2D eigenvalue weighted by atomic mass is 9.92. The summed E-state index contributed by atoms with van der Waals surface area (Å²) in [4.78, 5) is 98.8. The number of amides is 2. The van der Waals surface area contributed by atoms with Gasteiger partial charge in [-0.15, -0.1) is 0 Å². The minimum absolute atomic E-state index is 0.0272. The van der Waals surface area contributed by atoms with Gasteiger partial charge in [0.15, 0.2) is 11.6 Å². The van der Waals surface area contributed by atoms with Crippen LogP contribution in [0.15, 0.2) is 94.1 Å². The number of nitrogens with two attached hydrogens (primary N) is 1. The van der Waals surface area contributed by atoms with E-state index in [1.807, 2.05) is 69.2 Å². The molecule has 0 unspecified atom stereocenters. The molecule has 4 N–H and O–H groups in total. The fourth-order valence-corrected chi connectivity index (χ4v) is 13.4. The average molecular weight is 1580 g/mol. The van der Waals surface area contributed by atoms with Gasteiger partial charge in [0.05, 0.1) is 38.0 Å². The zero-order chi connectivity index (χ0) is 80.3. The summed E-state index contributed by atoms with van der Waals surface area (Å²) in [7, 11) is 8.26. The molecular weight excluding hydrogens is 1470 g/mol. The molecule has 4 aliphatic heterocycles. The minimum Gasteiger partial charge on any atom is -0.490 e. The second-order valence-corrected chi connectivity index (χ2v) is 30.3. The first-order valence-electron chi connectivity index (χ1n) is 36.4. The molecule has 10 rings (SSSR count). The van der Waals surface area contributed by atoms with Crippen molar-refractivity contribution in [2.75, 3.05) is 101 Å². The highest BCUT2D eigenvalue weighted by Gasteiger charge is 2.30. The summed E-state index contributed by atoms with van der Waals surface area (Å²) in [5.74, 6) is 1.13. The van der Waals surface area contributed by atoms with Crippen molar-refractivity contribution >= 4 is 94.2 Å². The number of allylic oxidation sites excluding steroid dienone is 6. The van der Waals surface area contributed by atoms with E-state index in [4.69, 9.17) is 94.8 Å². The van der Waals surface area contributed by atoms with Crippen molar-refractivity contribution in [1.82, 2.24) is 25.3 Å². The number of carbonyl (C=O) groups excluding carboxylic acids is 8. The number of piperidine rings is 4. The van der Waals surface area contributed by atoms with Gasteiger partial charge in [-0.25, -0.2) is 19.2 Å². The number of ether oxygens (including phenoxy) is 8. The highest BCUT2D eigenvalue weighted by atomic mass is 35.5. The van der Waals surface area contributed by atoms with Gasteiger partial charge in [0.25, 0.3) is 5.91 Å². The number of likely N-dealkylation sites (tertiary alicyclic amines) is 3. The van der Waals surface area contributed by atoms with E-state index in [9.17, 15) is 33.6 Å². The number of halogens is 4. The molecule has 0 aromatic heterocycles. The Bertz CT molecular complexity index is 3950. The number of rotatable bonds is 15. The Balaban J connectivity index is 0.000000246. The lowest BCUT2D eigenvalue weighted by Crippen LogP contribution is -2.44. The van der Waals surface area contributed by atoms with E-state index < -0.39 is 23.5 Å². The Hall–Kier alpha value is -7.80. The zero-order valence-electron chi connectivity index (χ0n) is 65.8. The maximum Gasteiger partial charge on any atom is 0.410 e. The van der Waals surface area contributed by atoms with Crippen LogP contribution in [0.2, 0.25) is 20.1 Å². The molecule has 4 aromatic rings. The van der Waals surface area contributed by atoms with Crippen LogP contribution in [0.3, 0.4) is 0 Å². The molecule has 0 saturated carbocycles. The van der Waals surface area contributed by atoms with Crippen molar-refractivity contribution in [2.45, 2.75) is 177 Å². The van der Waals surface area contributed by atoms with Crippen LogP contribution in [-0.4, -0.2) is 193 Å². The van der Waals surface area contributed by atoms with Crippen molar-refractivity contribution in [3.8, 4) is 23.0 Å². The van der Waals surface area contributed by atoms with Crippen molar-refractivity contribution in [3.05, 3.63) is 159 Å². The number of hydrogen-bond acceptors (Lipinski definition) is 20. The third-order valence-electron chi connectivity index (χ3n) is 18.7. The molecule has 2 aliphatic carbocycles. The van der Waals surface area contributed by atoms with E-state index in [1.165, 1.54) is 28.3 Å². The number of ketones is 2. The minimum atomic E-state index is -0.507. The predicted octanol–water partition coefficient (Wildman–Crippen LogP) is 15.2. The smallest absolute Gasteiger partial charge is 0.410 e. The SMILES string of the molecule is CC1=CC(=O)C(CN)=C(C)C1.CC1=CC(=O)C(CNC(=O)c2cc(Cl)cc(OC3CCN(C)CC3)c2C)=C(C)C1.CC=O.COC(=O)c1cc(Cl)cc(OC2CCN(C(=O)OC(C)(C)C)CC2)c1C.COC(=O)c1cc(Cl)cc(OC2CCN(C)CC2)c1C.COC(=O)c1cc(Cl)cc(OC2CCNCC2)c1C. The average Bonchev–Trinajstić information content (AvgIpc) is 0.827. The molecule has 4 fully saturated rings. The molecule has 0 spiro atoms. The molecule has 2 amide bonds. The number of benzene rings is 4. The number of hydrogen-bond donors (Lipinski definition) is 3. The largest absolute Gasteiger partial charge is 0.490 e. The third kappa shape index (κ3) is 28.6. The zero-order valence-corrected chi connectivity index (χ0v) is 68.8. The predicted molar refractivity (Wildman–Crippen MR) is 424 cm³/mol. The molecule has 4 saturated heterocycles. The molecule has 108 heavy (non-hydrogen) atoms. The van der Waals surface area contributed by atoms with Gasteiger partial charge in [-0.2, -0.15) is 0 Å². The van der Waals surface area contributed by atoms with Gasteiger partial charge in [0.2, 0.25) is 0 Å². The molecular formula is C82H110Cl4N6O16. The molecule has 0 radical (unpaired) electrons. The number of nitrogens with zero attached hydrogens (tertiary/aromatic N) is 3. The summed E-state index contributed by atoms with van der Waals surface area (Å²) in [6.07, 6.45) is 13.0. The standard InChI is InChI=1S/C23H29ClN2O3.C19H26ClNO5.C15H20ClNO3.C14H18ClNO3.C9H13NO.C2H4O/c1-14-9-15(2)20(21(27)10-14)13-25-23(28)19-11-17(24)12-22(16(19)3)29-18-5-7-26(4)8-6-18;1-12-15(17(22)24-5)10-13(20)11-16(12)25-14-6-8-21(9-7-14)18(23)26-19(2,3)4;1-10-13(15(18)19-3)8-11(16)9-14(10)20-12-4-6-17(2)7-5-12;1-9-12(14(17)18-2)7-10(15)8-13(9)19-11-3-5-16-6-4-11;1-6-3-7(2)8(5-10)9(11)4-6;1-2-3/h10-12,18H,5-9,13H2,1-4H3,(H,25,28);10-11,14H,6-9H2,1-5H3;8-9,12H,4-7H2,1-3H3;7-8,11,16H,3-6H2,1-2H3;4H,3,5,10H2,1-2H3;2H,1H3. The molecule has 4 aromatic carbocycles. The number of esters is 3. The number of nitrogens with one attached hydrogen (secondary N) is 2. The Morgan fingerprint density at radius 3 is 1.13 bits per heavy atom. The molecule has 0 atom stereocenters. The summed E-state index contributed by atoms with van der Waals surface area (Å²) in [5, 5.41) is 8.01. The fourth-order valence-electron chi connectivity index (χ4n) is 12.6. The highest BCUT2D eigenvalue weighted by Crippen LogP contribution is 2.35. The van der Waals surface area contributed by atoms with Gasteiger partial charge in [-0.3, -0.25) is 14.4 Å². The van der Waals surface area contributed by atoms with Gasteiger partial charge in [0.1, 0.15) is 59.3 Å². The first-order chi connectivity index (χ1) is 51.0. The van der Waals surface area contributed by atoms with Crippen LogP contribution >= 0.6 is 46.4 Å². The maximum absolute atomic E-state index is 12.8. The van der Waals surface area contributed by atoms with E-state index >= 15 is 0 Å². The van der Waals surface area contributed by atoms with E-state index in [1.54, 1.807) is 72.5 Å². The van der Waals surface area contributed by atoms with Crippen LogP contribution in [0.4, 0.5) is 4.79 Å². The van der Waals surface area contributed by atoms with E-state index in [-0.39, 0.29) is 54.5 Å². The normalized spacial score (nSPS) is 16.8. The van der Waals surface area contributed by atoms with E-state index in [2.05, 4.69) is 34.5 Å². The quantitative estimate of drug-likeness (QED) is 0.0567. The molecule has 0 bridgehead atoms. The van der Waals surface area contributed by atoms with Crippen molar-refractivity contribution in [3.63, 3.8) is 0 Å². The number of carbonyl (C=O) groups is 8. The molecule has 592 valence electrons. The third-order valence-corrected chi connectivity index (χ3v) is 19.6. The lowest BCUT2D eigenvalue weighted by Gasteiger charge is -2.33. The summed E-state index contributed by atoms with van der Waals surface area (Å²) < 4.78 is 44.0. The second-order valence-electron chi connectivity index (χ2n) is 28.6. The van der Waals surface area contributed by atoms with E-state index in [0.717, 1.165) is 141 Å². The van der Waals surface area contributed by atoms with E-state index in [0.29, 0.717) is 109 Å². The molecule has 22 nitrogen and oxygen atoms in total. The summed E-state index contributed by atoms with van der Waals surface area (Å²) in [5.41, 5.74) is 15.5. The molecule has 4 heterocycles. The van der Waals surface area contributed by atoms with Crippen LogP contribution in [0, 0.1) is 27.7 Å². The van der Waals surface area contributed by atoms with Crippen LogP contribution in [0.1, 0.15) is 183 Å².